The molecule has 1 fully saturated rings. The van der Waals surface area contributed by atoms with Crippen LogP contribution >= 0.6 is 0 Å². The number of aliphatic hydroxyl groups is 1. The molecule has 1 atom stereocenters. The highest BCUT2D eigenvalue weighted by Gasteiger charge is 2.35. The number of amides is 1. The first-order valence-electron chi connectivity index (χ1n) is 8.83. The first-order valence-corrected chi connectivity index (χ1v) is 8.83. The smallest absolute Gasteiger partial charge is 0.251 e. The average molecular weight is 347 g/mol. The van der Waals surface area contributed by atoms with Crippen LogP contribution in [0.5, 0.6) is 0 Å². The van der Waals surface area contributed by atoms with Crippen LogP contribution in [-0.4, -0.2) is 26.7 Å². The van der Waals surface area contributed by atoms with Gasteiger partial charge in [-0.3, -0.25) is 4.79 Å². The Bertz CT molecular complexity index is 854. The molecular formula is C21H21N3O2. The number of nitrogens with zero attached hydrogens (tertiary/aromatic N) is 2. The minimum absolute atomic E-state index is 0.0829. The quantitative estimate of drug-likeness (QED) is 0.745. The molecule has 3 aromatic rings. The van der Waals surface area contributed by atoms with Gasteiger partial charge in [-0.1, -0.05) is 30.3 Å². The molecule has 1 aromatic heterocycles. The standard InChI is InChI=1S/C21H21N3O2/c25-19-12-17(13-19)20(15-4-2-1-3-5-15)23-21(26)16-6-8-18(9-7-16)24-11-10-22-14-24/h1-11,14,17,19-20,25H,12-13H2,(H,23,26)/t17?,19?,20-/m1/s1. The lowest BCUT2D eigenvalue weighted by Gasteiger charge is -2.38. The molecule has 0 aliphatic heterocycles. The van der Waals surface area contributed by atoms with Gasteiger partial charge in [0.25, 0.3) is 5.91 Å². The van der Waals surface area contributed by atoms with E-state index in [4.69, 9.17) is 0 Å². The summed E-state index contributed by atoms with van der Waals surface area (Å²) >= 11 is 0. The molecule has 2 N–H and O–H groups in total. The molecule has 5 nitrogen and oxygen atoms in total. The van der Waals surface area contributed by atoms with Gasteiger partial charge in [-0.2, -0.15) is 0 Å². The van der Waals surface area contributed by atoms with Crippen molar-refractivity contribution in [2.75, 3.05) is 0 Å². The van der Waals surface area contributed by atoms with Gasteiger partial charge in [0.2, 0.25) is 0 Å². The zero-order valence-corrected chi connectivity index (χ0v) is 14.3. The van der Waals surface area contributed by atoms with Crippen molar-refractivity contribution >= 4 is 5.91 Å². The number of carbonyl (C=O) groups excluding carboxylic acids is 1. The van der Waals surface area contributed by atoms with E-state index in [1.807, 2.05) is 65.4 Å². The van der Waals surface area contributed by atoms with E-state index in [0.29, 0.717) is 5.56 Å². The second-order valence-corrected chi connectivity index (χ2v) is 6.76. The van der Waals surface area contributed by atoms with E-state index in [9.17, 15) is 9.90 Å². The Balaban J connectivity index is 1.51. The first-order chi connectivity index (χ1) is 12.7. The van der Waals surface area contributed by atoms with Gasteiger partial charge in [0.1, 0.15) is 0 Å². The SMILES string of the molecule is O=C(N[C@H](c1ccccc1)C1CC(O)C1)c1ccc(-n2ccnc2)cc1. The number of imidazole rings is 1. The Morgan fingerprint density at radius 3 is 2.46 bits per heavy atom. The van der Waals surface area contributed by atoms with Gasteiger partial charge in [0.05, 0.1) is 18.5 Å². The topological polar surface area (TPSA) is 67.2 Å². The molecule has 1 aliphatic carbocycles. The van der Waals surface area contributed by atoms with Crippen LogP contribution in [0.15, 0.2) is 73.3 Å². The number of hydrogen-bond acceptors (Lipinski definition) is 3. The Kier molecular flexibility index (Phi) is 4.54. The zero-order chi connectivity index (χ0) is 17.9. The van der Waals surface area contributed by atoms with E-state index in [1.54, 1.807) is 12.5 Å². The molecular weight excluding hydrogens is 326 g/mol. The highest BCUT2D eigenvalue weighted by molar-refractivity contribution is 5.94. The third-order valence-corrected chi connectivity index (χ3v) is 5.00. The largest absolute Gasteiger partial charge is 0.393 e. The van der Waals surface area contributed by atoms with E-state index in [-0.39, 0.29) is 24.0 Å². The number of hydrogen-bond donors (Lipinski definition) is 2. The third kappa shape index (κ3) is 3.39. The number of carbonyl (C=O) groups is 1. The van der Waals surface area contributed by atoms with Crippen molar-refractivity contribution < 1.29 is 9.90 Å². The van der Waals surface area contributed by atoms with Gasteiger partial charge in [-0.15, -0.1) is 0 Å². The van der Waals surface area contributed by atoms with Gasteiger partial charge in [-0.25, -0.2) is 4.98 Å². The number of rotatable bonds is 5. The Hall–Kier alpha value is -2.92. The van der Waals surface area contributed by atoms with Crippen LogP contribution in [0.1, 0.15) is 34.8 Å². The first kappa shape index (κ1) is 16.5. The Morgan fingerprint density at radius 2 is 1.85 bits per heavy atom. The van der Waals surface area contributed by atoms with Crippen LogP contribution < -0.4 is 5.32 Å². The minimum atomic E-state index is -0.252. The second kappa shape index (κ2) is 7.14. The Morgan fingerprint density at radius 1 is 1.12 bits per heavy atom. The van der Waals surface area contributed by atoms with E-state index < -0.39 is 0 Å². The van der Waals surface area contributed by atoms with Crippen molar-refractivity contribution in [2.24, 2.45) is 5.92 Å². The zero-order valence-electron chi connectivity index (χ0n) is 14.3. The second-order valence-electron chi connectivity index (χ2n) is 6.76. The summed E-state index contributed by atoms with van der Waals surface area (Å²) in [5, 5.41) is 12.8. The molecule has 1 heterocycles. The molecule has 26 heavy (non-hydrogen) atoms. The van der Waals surface area contributed by atoms with Crippen LogP contribution in [0.2, 0.25) is 0 Å². The number of benzene rings is 2. The highest BCUT2D eigenvalue weighted by Crippen LogP contribution is 2.38. The molecule has 1 saturated carbocycles. The fourth-order valence-corrected chi connectivity index (χ4v) is 3.46. The lowest BCUT2D eigenvalue weighted by Crippen LogP contribution is -2.41. The molecule has 1 amide bonds. The summed E-state index contributed by atoms with van der Waals surface area (Å²) in [6, 6.07) is 17.3. The van der Waals surface area contributed by atoms with Gasteiger partial charge >= 0.3 is 0 Å². The Labute approximate surface area is 152 Å². The molecule has 1 aliphatic rings. The van der Waals surface area contributed by atoms with Crippen LogP contribution in [0.3, 0.4) is 0 Å². The predicted octanol–water partition coefficient (Wildman–Crippen LogP) is 3.11. The summed E-state index contributed by atoms with van der Waals surface area (Å²) < 4.78 is 1.89. The van der Waals surface area contributed by atoms with Crippen LogP contribution in [0.4, 0.5) is 0 Å². The molecule has 0 saturated heterocycles. The number of aromatic nitrogens is 2. The van der Waals surface area contributed by atoms with E-state index >= 15 is 0 Å². The van der Waals surface area contributed by atoms with E-state index in [0.717, 1.165) is 24.1 Å². The summed E-state index contributed by atoms with van der Waals surface area (Å²) in [5.41, 5.74) is 2.66. The number of aliphatic hydroxyl groups excluding tert-OH is 1. The van der Waals surface area contributed by atoms with Gasteiger partial charge in [0.15, 0.2) is 0 Å². The van der Waals surface area contributed by atoms with Crippen molar-refractivity contribution in [3.63, 3.8) is 0 Å². The molecule has 0 radical (unpaired) electrons. The van der Waals surface area contributed by atoms with E-state index in [1.165, 1.54) is 0 Å². The van der Waals surface area contributed by atoms with Crippen molar-refractivity contribution in [1.29, 1.82) is 0 Å². The maximum absolute atomic E-state index is 12.8. The minimum Gasteiger partial charge on any atom is -0.393 e. The molecule has 0 bridgehead atoms. The third-order valence-electron chi connectivity index (χ3n) is 5.00. The lowest BCUT2D eigenvalue weighted by atomic mass is 9.75. The lowest BCUT2D eigenvalue weighted by molar-refractivity contribution is 0.0235. The average Bonchev–Trinajstić information content (AvgIpc) is 3.19. The maximum Gasteiger partial charge on any atom is 0.251 e. The summed E-state index contributed by atoms with van der Waals surface area (Å²) in [7, 11) is 0. The predicted molar refractivity (Wildman–Crippen MR) is 98.9 cm³/mol. The fraction of sp³-hybridized carbons (Fsp3) is 0.238. The van der Waals surface area contributed by atoms with Crippen molar-refractivity contribution in [2.45, 2.75) is 25.0 Å². The molecule has 2 aromatic carbocycles. The van der Waals surface area contributed by atoms with Crippen molar-refractivity contribution in [3.05, 3.63) is 84.4 Å². The number of nitrogens with one attached hydrogen (secondary N) is 1. The summed E-state index contributed by atoms with van der Waals surface area (Å²) in [5.74, 6) is 0.166. The molecule has 132 valence electrons. The highest BCUT2D eigenvalue weighted by atomic mass is 16.3. The molecule has 4 rings (SSSR count). The van der Waals surface area contributed by atoms with Crippen LogP contribution in [0.25, 0.3) is 5.69 Å². The normalized spacial score (nSPS) is 20.2. The molecule has 5 heteroatoms. The van der Waals surface area contributed by atoms with Gasteiger partial charge in [-0.05, 0) is 48.6 Å². The summed E-state index contributed by atoms with van der Waals surface area (Å²) in [6.07, 6.45) is 6.50. The molecule has 0 unspecified atom stereocenters. The maximum atomic E-state index is 12.8. The summed E-state index contributed by atoms with van der Waals surface area (Å²) in [4.78, 5) is 16.8. The summed E-state index contributed by atoms with van der Waals surface area (Å²) in [6.45, 7) is 0. The van der Waals surface area contributed by atoms with Gasteiger partial charge < -0.3 is 15.0 Å². The van der Waals surface area contributed by atoms with E-state index in [2.05, 4.69) is 10.3 Å². The van der Waals surface area contributed by atoms with Gasteiger partial charge in [0, 0.05) is 23.6 Å². The van der Waals surface area contributed by atoms with Crippen LogP contribution in [0, 0.1) is 5.92 Å². The van der Waals surface area contributed by atoms with Crippen molar-refractivity contribution in [1.82, 2.24) is 14.9 Å². The monoisotopic (exact) mass is 347 g/mol. The molecule has 0 spiro atoms. The van der Waals surface area contributed by atoms with Crippen LogP contribution in [-0.2, 0) is 0 Å². The fourth-order valence-electron chi connectivity index (χ4n) is 3.46. The van der Waals surface area contributed by atoms with Crippen molar-refractivity contribution in [3.8, 4) is 5.69 Å².